The molecule has 1 saturated carbocycles. The quantitative estimate of drug-likeness (QED) is 0.257. The fraction of sp³-hybridized carbons (Fsp3) is 0.407. The molecule has 3 amide bonds. The first-order valence-electron chi connectivity index (χ1n) is 14.3. The number of methoxy groups -OCH3 is 2. The van der Waals surface area contributed by atoms with Crippen molar-refractivity contribution in [1.82, 2.24) is 30.2 Å². The average Bonchev–Trinajstić information content (AvgIpc) is 3.58. The number of anilines is 3. The summed E-state index contributed by atoms with van der Waals surface area (Å²) in [4.78, 5) is 40.6. The minimum Gasteiger partial charge on any atom is -0.494 e. The van der Waals surface area contributed by atoms with E-state index < -0.39 is 11.1 Å². The maximum Gasteiger partial charge on any atom is 0.272 e. The Balaban J connectivity index is 1.47. The number of para-hydroxylation sites is 1. The van der Waals surface area contributed by atoms with Crippen molar-refractivity contribution in [3.63, 3.8) is 0 Å². The third kappa shape index (κ3) is 6.85. The van der Waals surface area contributed by atoms with Crippen LogP contribution in [0.25, 0.3) is 11.3 Å². The van der Waals surface area contributed by atoms with Crippen molar-refractivity contribution in [2.45, 2.75) is 30.6 Å². The Hall–Kier alpha value is -4.33. The zero-order chi connectivity index (χ0) is 30.9. The molecule has 3 heterocycles. The van der Waals surface area contributed by atoms with E-state index in [1.807, 2.05) is 35.7 Å². The number of nitrogens with zero attached hydrogens (tertiary/aromatic N) is 5. The summed E-state index contributed by atoms with van der Waals surface area (Å²) in [6.45, 7) is 1.15. The van der Waals surface area contributed by atoms with Gasteiger partial charge in [-0.3, -0.25) is 19.1 Å². The first-order chi connectivity index (χ1) is 20.5. The lowest BCUT2D eigenvalue weighted by Crippen LogP contribution is -2.50. The molecular weight excluding hydrogens is 549 g/mol. The van der Waals surface area contributed by atoms with Gasteiger partial charge in [-0.2, -0.15) is 5.10 Å². The standard InChI is InChI=1S/C27H35B3N8O5/c1-37-20(26(41)38-10-9-15(13-38)42-2)11-18(36-37)16-5-4-6-17(23(16)43-3)31-19-12-21(32-24(39)14-7-8-14)34-35-22(19)25(40)33-27(28,29)30/h4-6,11-12,14-15H,7-10,13,28-30H2,1-3H3,(H,33,40)(H2,31,32,34,39). The maximum atomic E-state index is 13.3. The van der Waals surface area contributed by atoms with Crippen molar-refractivity contribution in [2.75, 3.05) is 37.9 Å². The van der Waals surface area contributed by atoms with E-state index in [1.165, 1.54) is 7.11 Å². The number of hydrogen-bond acceptors (Lipinski definition) is 9. The minimum absolute atomic E-state index is 0.0270. The summed E-state index contributed by atoms with van der Waals surface area (Å²) in [6.07, 6.45) is 2.50. The maximum absolute atomic E-state index is 13.3. The van der Waals surface area contributed by atoms with E-state index in [-0.39, 0.29) is 35.3 Å². The van der Waals surface area contributed by atoms with Gasteiger partial charge in [0.05, 0.1) is 30.3 Å². The molecule has 1 aromatic carbocycles. The van der Waals surface area contributed by atoms with Crippen LogP contribution >= 0.6 is 0 Å². The lowest BCUT2D eigenvalue weighted by Gasteiger charge is -2.22. The molecule has 13 nitrogen and oxygen atoms in total. The van der Waals surface area contributed by atoms with Gasteiger partial charge in [-0.05, 0) is 42.7 Å². The Bertz CT molecular complexity index is 1560. The van der Waals surface area contributed by atoms with Gasteiger partial charge < -0.3 is 30.3 Å². The molecule has 1 atom stereocenters. The van der Waals surface area contributed by atoms with Gasteiger partial charge in [0, 0.05) is 44.8 Å². The number of aryl methyl sites for hydroxylation is 1. The van der Waals surface area contributed by atoms with Gasteiger partial charge in [0.1, 0.15) is 29.2 Å². The van der Waals surface area contributed by atoms with Crippen LogP contribution in [0.1, 0.15) is 40.2 Å². The Kier molecular flexibility index (Phi) is 8.49. The van der Waals surface area contributed by atoms with E-state index in [0.29, 0.717) is 47.2 Å². The molecule has 1 aliphatic carbocycles. The zero-order valence-electron chi connectivity index (χ0n) is 25.4. The van der Waals surface area contributed by atoms with E-state index >= 15 is 0 Å². The van der Waals surface area contributed by atoms with Crippen LogP contribution in [0.15, 0.2) is 30.3 Å². The highest BCUT2D eigenvalue weighted by atomic mass is 16.5. The van der Waals surface area contributed by atoms with Crippen LogP contribution in [0.5, 0.6) is 5.75 Å². The second-order valence-corrected chi connectivity index (χ2v) is 11.9. The summed E-state index contributed by atoms with van der Waals surface area (Å²) in [7, 11) is 10.5. The predicted molar refractivity (Wildman–Crippen MR) is 169 cm³/mol. The first-order valence-corrected chi connectivity index (χ1v) is 14.3. The number of carbonyl (C=O) groups is 3. The van der Waals surface area contributed by atoms with Gasteiger partial charge in [0.2, 0.25) is 5.91 Å². The molecule has 0 radical (unpaired) electrons. The number of rotatable bonds is 10. The SMILES string of the molecule is BC(B)(B)NC(=O)c1nnc(NC(=O)C2CC2)cc1Nc1cccc(-c2cc(C(=O)N3CCC(OC)C3)n(C)n2)c1OC. The normalized spacial score (nSPS) is 16.5. The van der Waals surface area contributed by atoms with Gasteiger partial charge in [0.15, 0.2) is 17.3 Å². The van der Waals surface area contributed by atoms with E-state index in [1.54, 1.807) is 41.9 Å². The number of aromatic nitrogens is 4. The molecule has 16 heteroatoms. The molecule has 43 heavy (non-hydrogen) atoms. The molecule has 3 aromatic rings. The molecular formula is C27H35B3N8O5. The van der Waals surface area contributed by atoms with Crippen LogP contribution in [0, 0.1) is 5.92 Å². The van der Waals surface area contributed by atoms with Gasteiger partial charge >= 0.3 is 0 Å². The summed E-state index contributed by atoms with van der Waals surface area (Å²) < 4.78 is 12.8. The lowest BCUT2D eigenvalue weighted by atomic mass is 9.49. The summed E-state index contributed by atoms with van der Waals surface area (Å²) in [5.74, 6) is -0.0229. The van der Waals surface area contributed by atoms with E-state index in [4.69, 9.17) is 9.47 Å². The van der Waals surface area contributed by atoms with Crippen LogP contribution in [0.2, 0.25) is 0 Å². The summed E-state index contributed by atoms with van der Waals surface area (Å²) in [5, 5.41) is 21.3. The number of ether oxygens (including phenoxy) is 2. The Morgan fingerprint density at radius 3 is 2.47 bits per heavy atom. The summed E-state index contributed by atoms with van der Waals surface area (Å²) >= 11 is 0. The van der Waals surface area contributed by atoms with E-state index in [2.05, 4.69) is 31.2 Å². The van der Waals surface area contributed by atoms with Crippen molar-refractivity contribution in [3.8, 4) is 17.0 Å². The molecule has 1 saturated heterocycles. The van der Waals surface area contributed by atoms with Crippen LogP contribution in [0.4, 0.5) is 17.2 Å². The third-order valence-electron chi connectivity index (χ3n) is 7.33. The van der Waals surface area contributed by atoms with Crippen molar-refractivity contribution < 1.29 is 23.9 Å². The molecule has 2 aliphatic rings. The predicted octanol–water partition coefficient (Wildman–Crippen LogP) is -0.921. The molecule has 1 unspecified atom stereocenters. The van der Waals surface area contributed by atoms with Crippen molar-refractivity contribution >= 4 is 58.5 Å². The second kappa shape index (κ2) is 12.1. The highest BCUT2D eigenvalue weighted by Crippen LogP contribution is 2.38. The molecule has 1 aliphatic heterocycles. The molecule has 2 fully saturated rings. The van der Waals surface area contributed by atoms with Crippen LogP contribution in [0.3, 0.4) is 0 Å². The zero-order valence-corrected chi connectivity index (χ0v) is 25.4. The van der Waals surface area contributed by atoms with Crippen LogP contribution < -0.4 is 20.7 Å². The fourth-order valence-electron chi connectivity index (χ4n) is 4.96. The Morgan fingerprint density at radius 2 is 1.81 bits per heavy atom. The number of benzene rings is 1. The summed E-state index contributed by atoms with van der Waals surface area (Å²) in [5.41, 5.74) is 2.54. The Morgan fingerprint density at radius 1 is 1.05 bits per heavy atom. The van der Waals surface area contributed by atoms with Crippen molar-refractivity contribution in [1.29, 1.82) is 0 Å². The van der Waals surface area contributed by atoms with Crippen molar-refractivity contribution in [2.24, 2.45) is 13.0 Å². The molecule has 0 bridgehead atoms. The van der Waals surface area contributed by atoms with Gasteiger partial charge in [-0.1, -0.05) is 6.07 Å². The van der Waals surface area contributed by atoms with E-state index in [9.17, 15) is 14.4 Å². The molecule has 3 N–H and O–H groups in total. The number of hydrogen-bond donors (Lipinski definition) is 3. The number of likely N-dealkylation sites (tertiary alicyclic amines) is 1. The van der Waals surface area contributed by atoms with Crippen molar-refractivity contribution in [3.05, 3.63) is 41.7 Å². The van der Waals surface area contributed by atoms with Gasteiger partial charge in [0.25, 0.3) is 11.8 Å². The largest absolute Gasteiger partial charge is 0.494 e. The second-order valence-electron chi connectivity index (χ2n) is 11.9. The fourth-order valence-corrected chi connectivity index (χ4v) is 4.96. The minimum atomic E-state index is -0.514. The van der Waals surface area contributed by atoms with Crippen LogP contribution in [-0.4, -0.2) is 105 Å². The van der Waals surface area contributed by atoms with Crippen LogP contribution in [-0.2, 0) is 16.6 Å². The summed E-state index contributed by atoms with van der Waals surface area (Å²) in [6, 6.07) is 8.78. The third-order valence-corrected chi connectivity index (χ3v) is 7.33. The Labute approximate surface area is 252 Å². The average molecular weight is 584 g/mol. The lowest BCUT2D eigenvalue weighted by molar-refractivity contribution is -0.117. The number of nitrogens with one attached hydrogen (secondary N) is 3. The molecule has 2 aromatic heterocycles. The first kappa shape index (κ1) is 30.1. The number of amides is 3. The monoisotopic (exact) mass is 584 g/mol. The topological polar surface area (TPSA) is 153 Å². The van der Waals surface area contributed by atoms with E-state index in [0.717, 1.165) is 19.3 Å². The van der Waals surface area contributed by atoms with Gasteiger partial charge in [-0.15, -0.1) is 10.2 Å². The molecule has 222 valence electrons. The molecule has 5 rings (SSSR count). The number of carbonyl (C=O) groups excluding carboxylic acids is 3. The van der Waals surface area contributed by atoms with Gasteiger partial charge in [-0.25, -0.2) is 0 Å². The highest BCUT2D eigenvalue weighted by molar-refractivity contribution is 6.60. The smallest absolute Gasteiger partial charge is 0.272 e. The molecule has 0 spiro atoms. The highest BCUT2D eigenvalue weighted by Gasteiger charge is 2.31.